The highest BCUT2D eigenvalue weighted by Gasteiger charge is 2.50. The molecule has 9 rings (SSSR count). The predicted molar refractivity (Wildman–Crippen MR) is 221 cm³/mol. The van der Waals surface area contributed by atoms with E-state index < -0.39 is 30.0 Å². The zero-order valence-corrected chi connectivity index (χ0v) is 33.5. The van der Waals surface area contributed by atoms with Crippen LogP contribution in [0, 0.1) is 0 Å². The summed E-state index contributed by atoms with van der Waals surface area (Å²) in [6.45, 7) is 9.04. The zero-order chi connectivity index (χ0) is 42.4. The number of nitrogens with zero attached hydrogens (tertiary/aromatic N) is 7. The van der Waals surface area contributed by atoms with Gasteiger partial charge in [-0.25, -0.2) is 14.3 Å². The Labute approximate surface area is 343 Å². The number of rotatable bonds is 7. The van der Waals surface area contributed by atoms with Crippen LogP contribution in [0.2, 0.25) is 0 Å². The highest BCUT2D eigenvalue weighted by molar-refractivity contribution is 5.90. The van der Waals surface area contributed by atoms with Crippen LogP contribution in [0.4, 0.5) is 10.5 Å². The van der Waals surface area contributed by atoms with Crippen molar-refractivity contribution >= 4 is 28.7 Å². The first kappa shape index (κ1) is 38.6. The van der Waals surface area contributed by atoms with E-state index in [9.17, 15) is 39.9 Å². The molecule has 3 atom stereocenters. The maximum atomic E-state index is 14.3. The van der Waals surface area contributed by atoms with Crippen molar-refractivity contribution in [1.82, 2.24) is 33.7 Å². The van der Waals surface area contributed by atoms with E-state index in [1.54, 1.807) is 41.0 Å². The van der Waals surface area contributed by atoms with Crippen LogP contribution in [-0.2, 0) is 29.1 Å². The molecule has 16 heteroatoms. The molecule has 6 heterocycles. The molecule has 3 aliphatic rings. The number of amides is 1. The maximum absolute atomic E-state index is 14.3. The quantitative estimate of drug-likeness (QED) is 0.0967. The number of phenolic OH excluding ortho intramolecular Hbond substituents is 3. The van der Waals surface area contributed by atoms with Crippen molar-refractivity contribution in [3.8, 4) is 51.7 Å². The van der Waals surface area contributed by atoms with Crippen molar-refractivity contribution in [3.63, 3.8) is 0 Å². The standard InChI is InChI=1S/C44H43N7O9/c1-5-26-28-15-25(52)11-12-33(28)45-39-31(26)19-49-34(39)17-29-32(41(49)55)21-60-42(56)38(29)35-20-51(6-2,14-13-48(35)44(58)59)24-9-7-23(8-10-24)50-40(46-47-43(50)57)30-16-27(22(3)4)36(53)18-37(30)54/h7-12,15-18,22,35,38H,5-6,13-14,19-21H2,1-4H3,(H4-,45,46,47,52,53,54,55,57,58,59)/p+1. The minimum Gasteiger partial charge on any atom is -0.508 e. The third-order valence-electron chi connectivity index (χ3n) is 12.7. The predicted octanol–water partition coefficient (Wildman–Crippen LogP) is 5.71. The number of benzene rings is 3. The topological polar surface area (TPSA) is 213 Å². The number of pyridine rings is 2. The van der Waals surface area contributed by atoms with Crippen LogP contribution >= 0.6 is 0 Å². The molecule has 3 unspecified atom stereocenters. The van der Waals surface area contributed by atoms with Crippen molar-refractivity contribution < 1.29 is 39.9 Å². The van der Waals surface area contributed by atoms with Gasteiger partial charge in [0.1, 0.15) is 54.6 Å². The first-order chi connectivity index (χ1) is 28.7. The van der Waals surface area contributed by atoms with Crippen LogP contribution in [0.25, 0.3) is 39.4 Å². The molecule has 0 aliphatic carbocycles. The molecular formula is C44H44N7O9+. The number of hydrogen-bond donors (Lipinski definition) is 5. The number of ether oxygens (including phenoxy) is 1. The van der Waals surface area contributed by atoms with Crippen LogP contribution < -0.4 is 10.0 Å². The van der Waals surface area contributed by atoms with Gasteiger partial charge in [-0.05, 0) is 78.4 Å². The number of piperazine rings is 1. The summed E-state index contributed by atoms with van der Waals surface area (Å²) in [5.41, 5.74) is 6.20. The Morgan fingerprint density at radius 3 is 2.42 bits per heavy atom. The number of aromatic hydroxyl groups is 4. The molecule has 60 heavy (non-hydrogen) atoms. The molecule has 0 bridgehead atoms. The minimum atomic E-state index is -1.19. The Kier molecular flexibility index (Phi) is 9.07. The smallest absolute Gasteiger partial charge is 0.407 e. The fourth-order valence-electron chi connectivity index (χ4n) is 9.59. The summed E-state index contributed by atoms with van der Waals surface area (Å²) in [5, 5.41) is 61.8. The summed E-state index contributed by atoms with van der Waals surface area (Å²) in [6, 6.07) is 15.6. The third-order valence-corrected chi connectivity index (χ3v) is 12.7. The van der Waals surface area contributed by atoms with E-state index in [4.69, 9.17) is 9.72 Å². The maximum Gasteiger partial charge on any atom is 0.407 e. The molecule has 1 amide bonds. The number of aromatic nitrogens is 5. The lowest BCUT2D eigenvalue weighted by Gasteiger charge is -2.49. The van der Waals surface area contributed by atoms with Crippen molar-refractivity contribution in [2.75, 3.05) is 26.2 Å². The summed E-state index contributed by atoms with van der Waals surface area (Å²) in [4.78, 5) is 47.5. The second-order valence-electron chi connectivity index (χ2n) is 16.1. The number of esters is 1. The average Bonchev–Trinajstić information content (AvgIpc) is 3.79. The number of carboxylic acid groups (broad SMARTS) is 1. The lowest BCUT2D eigenvalue weighted by atomic mass is 9.84. The number of carbonyl (C=O) groups excluding carboxylic acids is 1. The third kappa shape index (κ3) is 5.84. The van der Waals surface area contributed by atoms with Crippen molar-refractivity contribution in [2.45, 2.75) is 65.1 Å². The number of fused-ring (bicyclic) bond motifs is 5. The van der Waals surface area contributed by atoms with Gasteiger partial charge in [0.15, 0.2) is 5.82 Å². The molecular weight excluding hydrogens is 771 g/mol. The largest absolute Gasteiger partial charge is 0.508 e. The first-order valence-corrected chi connectivity index (χ1v) is 20.0. The van der Waals surface area contributed by atoms with Gasteiger partial charge in [0, 0.05) is 29.1 Å². The highest BCUT2D eigenvalue weighted by Crippen LogP contribution is 2.43. The number of aryl methyl sites for hydroxylation is 1. The summed E-state index contributed by atoms with van der Waals surface area (Å²) in [6.07, 6.45) is -0.557. The van der Waals surface area contributed by atoms with Crippen LogP contribution in [0.1, 0.15) is 67.3 Å². The molecule has 1 saturated heterocycles. The van der Waals surface area contributed by atoms with Gasteiger partial charge in [0.25, 0.3) is 5.56 Å². The summed E-state index contributed by atoms with van der Waals surface area (Å²) >= 11 is 0. The van der Waals surface area contributed by atoms with E-state index in [1.807, 2.05) is 45.9 Å². The molecule has 5 N–H and O–H groups in total. The monoisotopic (exact) mass is 814 g/mol. The van der Waals surface area contributed by atoms with Gasteiger partial charge < -0.3 is 34.8 Å². The molecule has 3 aromatic carbocycles. The number of cyclic esters (lactones) is 1. The number of phenols is 3. The first-order valence-electron chi connectivity index (χ1n) is 20.0. The second-order valence-corrected chi connectivity index (χ2v) is 16.1. The second kappa shape index (κ2) is 14.1. The zero-order valence-electron chi connectivity index (χ0n) is 33.5. The summed E-state index contributed by atoms with van der Waals surface area (Å²) in [5.74, 6) is -1.82. The van der Waals surface area contributed by atoms with Gasteiger partial charge in [0.05, 0.1) is 53.4 Å². The fraction of sp³-hybridized carbons (Fsp3) is 0.318. The molecule has 6 aromatic rings. The normalized spacial score (nSPS) is 19.6. The summed E-state index contributed by atoms with van der Waals surface area (Å²) < 4.78 is 9.02. The average molecular weight is 815 g/mol. The van der Waals surface area contributed by atoms with Gasteiger partial charge in [-0.1, -0.05) is 25.9 Å². The molecule has 1 fully saturated rings. The fourth-order valence-corrected chi connectivity index (χ4v) is 9.59. The molecule has 0 radical (unpaired) electrons. The Morgan fingerprint density at radius 1 is 0.950 bits per heavy atom. The highest BCUT2D eigenvalue weighted by atomic mass is 16.5. The lowest BCUT2D eigenvalue weighted by molar-refractivity contribution is -0.151. The van der Waals surface area contributed by atoms with Crippen LogP contribution in [0.5, 0.6) is 23.3 Å². The van der Waals surface area contributed by atoms with E-state index in [1.165, 1.54) is 15.5 Å². The lowest BCUT2D eigenvalue weighted by Crippen LogP contribution is -2.67. The van der Waals surface area contributed by atoms with Gasteiger partial charge in [-0.15, -0.1) is 5.10 Å². The van der Waals surface area contributed by atoms with Gasteiger partial charge in [-0.2, -0.15) is 0 Å². The molecule has 3 aliphatic heterocycles. The SMILES string of the molecule is CCc1c2c(nc3ccc(O)cc13)-c1cc3c(c(=O)n1C2)COC(=O)C3C1C[N+](CC)(c2ccc(-n3c(O)nnc3-c3cc(C(C)C)c(O)cc3O)cc2)CCN1C(=O)O. The Bertz CT molecular complexity index is 2830. The minimum absolute atomic E-state index is 0.0637. The molecule has 0 saturated carbocycles. The van der Waals surface area contributed by atoms with Crippen molar-refractivity contribution in [3.05, 3.63) is 98.8 Å². The Balaban J connectivity index is 1.11. The van der Waals surface area contributed by atoms with Crippen molar-refractivity contribution in [2.24, 2.45) is 0 Å². The molecule has 16 nitrogen and oxygen atoms in total. The van der Waals surface area contributed by atoms with Gasteiger partial charge >= 0.3 is 18.1 Å². The number of quaternary nitrogens is 1. The molecule has 0 spiro atoms. The van der Waals surface area contributed by atoms with Gasteiger partial charge in [-0.3, -0.25) is 19.0 Å². The van der Waals surface area contributed by atoms with Crippen LogP contribution in [-0.4, -0.2) is 99.0 Å². The molecule has 308 valence electrons. The van der Waals surface area contributed by atoms with E-state index >= 15 is 0 Å². The van der Waals surface area contributed by atoms with E-state index in [0.717, 1.165) is 22.2 Å². The van der Waals surface area contributed by atoms with Crippen LogP contribution in [0.15, 0.2) is 65.5 Å². The Morgan fingerprint density at radius 2 is 1.72 bits per heavy atom. The number of hydrogen-bond acceptors (Lipinski definition) is 11. The number of carbonyl (C=O) groups is 2. The van der Waals surface area contributed by atoms with Crippen molar-refractivity contribution in [1.29, 1.82) is 0 Å². The Hall–Kier alpha value is -6.94. The van der Waals surface area contributed by atoms with E-state index in [-0.39, 0.29) is 66.4 Å². The summed E-state index contributed by atoms with van der Waals surface area (Å²) in [7, 11) is 0. The van der Waals surface area contributed by atoms with Gasteiger partial charge in [0.2, 0.25) is 0 Å². The van der Waals surface area contributed by atoms with E-state index in [0.29, 0.717) is 63.3 Å². The van der Waals surface area contributed by atoms with E-state index in [2.05, 4.69) is 10.2 Å². The van der Waals surface area contributed by atoms with Crippen LogP contribution in [0.3, 0.4) is 0 Å². The number of likely N-dealkylation sites (N-methyl/N-ethyl adjacent to an activating group) is 1. The molecule has 3 aromatic heterocycles.